The number of carbonyl (C=O) groups excluding carboxylic acids is 1. The van der Waals surface area contributed by atoms with Crippen LogP contribution in [-0.2, 0) is 17.8 Å². The second-order valence-corrected chi connectivity index (χ2v) is 7.38. The number of nitrogens with zero attached hydrogens (tertiary/aromatic N) is 1. The number of nitrogens with one attached hydrogen (secondary N) is 1. The lowest BCUT2D eigenvalue weighted by Crippen LogP contribution is -2.19. The number of amides is 1. The lowest BCUT2D eigenvalue weighted by molar-refractivity contribution is -0.120. The third-order valence-corrected chi connectivity index (χ3v) is 5.06. The highest BCUT2D eigenvalue weighted by atomic mass is 16.5. The molecule has 3 aromatic carbocycles. The molecule has 8 heteroatoms. The van der Waals surface area contributed by atoms with Gasteiger partial charge in [-0.25, -0.2) is 10.2 Å². The fraction of sp³-hybridized carbons (Fsp3) is 0.115. The quantitative estimate of drug-likeness (QED) is 0.284. The Bertz CT molecular complexity index is 1350. The molecule has 0 saturated carbocycles. The van der Waals surface area contributed by atoms with Crippen molar-refractivity contribution < 1.29 is 28.6 Å². The number of rotatable bonds is 9. The van der Waals surface area contributed by atoms with Gasteiger partial charge >= 0.3 is 5.97 Å². The summed E-state index contributed by atoms with van der Waals surface area (Å²) in [4.78, 5) is 23.3. The second kappa shape index (κ2) is 10.4. The van der Waals surface area contributed by atoms with Gasteiger partial charge < -0.3 is 19.0 Å². The molecule has 172 valence electrons. The fourth-order valence-electron chi connectivity index (χ4n) is 3.44. The molecule has 0 bridgehead atoms. The predicted molar refractivity (Wildman–Crippen MR) is 126 cm³/mol. The Morgan fingerprint density at radius 1 is 1.03 bits per heavy atom. The van der Waals surface area contributed by atoms with Crippen molar-refractivity contribution in [2.75, 3.05) is 7.11 Å². The van der Waals surface area contributed by atoms with E-state index in [1.54, 1.807) is 18.2 Å². The van der Waals surface area contributed by atoms with Crippen molar-refractivity contribution in [3.8, 4) is 11.5 Å². The lowest BCUT2D eigenvalue weighted by atomic mass is 10.0. The van der Waals surface area contributed by atoms with Crippen LogP contribution in [0.25, 0.3) is 10.8 Å². The van der Waals surface area contributed by atoms with Crippen LogP contribution < -0.4 is 14.9 Å². The smallest absolute Gasteiger partial charge is 0.371 e. The molecular formula is C26H22N2O6. The van der Waals surface area contributed by atoms with Gasteiger partial charge in [0.15, 0.2) is 11.5 Å². The van der Waals surface area contributed by atoms with Crippen LogP contribution in [0.2, 0.25) is 0 Å². The van der Waals surface area contributed by atoms with Gasteiger partial charge in [-0.1, -0.05) is 42.5 Å². The highest BCUT2D eigenvalue weighted by Crippen LogP contribution is 2.28. The maximum absolute atomic E-state index is 12.4. The average Bonchev–Trinajstić information content (AvgIpc) is 3.33. The molecule has 0 fully saturated rings. The van der Waals surface area contributed by atoms with Crippen LogP contribution in [0.1, 0.15) is 27.4 Å². The average molecular weight is 458 g/mol. The number of hydrogen-bond acceptors (Lipinski definition) is 6. The van der Waals surface area contributed by atoms with Gasteiger partial charge in [0.1, 0.15) is 12.4 Å². The van der Waals surface area contributed by atoms with Gasteiger partial charge in [-0.05, 0) is 52.2 Å². The van der Waals surface area contributed by atoms with Gasteiger partial charge in [-0.15, -0.1) is 0 Å². The monoisotopic (exact) mass is 458 g/mol. The Hall–Kier alpha value is -4.59. The van der Waals surface area contributed by atoms with Crippen LogP contribution in [0.3, 0.4) is 0 Å². The standard InChI is InChI=1S/C26H22N2O6/c1-32-24-13-17(9-11-22(24)33-16-20-10-12-23(34-20)26(30)31)15-27-28-25(29)14-19-7-4-6-18-5-2-3-8-21(18)19/h2-13,15H,14,16H2,1H3,(H,28,29)(H,30,31)/b27-15-. The number of ether oxygens (including phenoxy) is 2. The molecule has 1 heterocycles. The van der Waals surface area contributed by atoms with Crippen molar-refractivity contribution in [2.24, 2.45) is 5.10 Å². The van der Waals surface area contributed by atoms with Crippen molar-refractivity contribution in [3.63, 3.8) is 0 Å². The van der Waals surface area contributed by atoms with Crippen molar-refractivity contribution in [1.29, 1.82) is 0 Å². The molecule has 2 N–H and O–H groups in total. The Morgan fingerprint density at radius 3 is 2.65 bits per heavy atom. The number of furan rings is 1. The van der Waals surface area contributed by atoms with Crippen molar-refractivity contribution >= 4 is 28.9 Å². The van der Waals surface area contributed by atoms with Gasteiger partial charge in [0, 0.05) is 0 Å². The first-order valence-electron chi connectivity index (χ1n) is 10.4. The molecule has 0 spiro atoms. The first kappa shape index (κ1) is 22.6. The number of carboxylic acids is 1. The van der Waals surface area contributed by atoms with Gasteiger partial charge in [0.2, 0.25) is 11.7 Å². The van der Waals surface area contributed by atoms with Gasteiger partial charge in [0.25, 0.3) is 0 Å². The molecule has 0 aliphatic rings. The molecule has 1 aromatic heterocycles. The van der Waals surface area contributed by atoms with Crippen molar-refractivity contribution in [2.45, 2.75) is 13.0 Å². The van der Waals surface area contributed by atoms with Crippen molar-refractivity contribution in [3.05, 3.63) is 95.4 Å². The number of hydrogen-bond donors (Lipinski definition) is 2. The molecule has 4 rings (SSSR count). The summed E-state index contributed by atoms with van der Waals surface area (Å²) in [6.45, 7) is 0.0430. The first-order valence-corrected chi connectivity index (χ1v) is 10.4. The molecule has 8 nitrogen and oxygen atoms in total. The molecular weight excluding hydrogens is 436 g/mol. The van der Waals surface area contributed by atoms with E-state index < -0.39 is 5.97 Å². The van der Waals surface area contributed by atoms with E-state index in [1.165, 1.54) is 25.5 Å². The molecule has 1 amide bonds. The highest BCUT2D eigenvalue weighted by molar-refractivity contribution is 5.90. The molecule has 0 radical (unpaired) electrons. The normalized spacial score (nSPS) is 11.0. The van der Waals surface area contributed by atoms with Gasteiger partial charge in [0.05, 0.1) is 19.7 Å². The summed E-state index contributed by atoms with van der Waals surface area (Å²) in [5.74, 6) is -0.238. The molecule has 0 aliphatic heterocycles. The van der Waals surface area contributed by atoms with Crippen LogP contribution >= 0.6 is 0 Å². The fourth-order valence-corrected chi connectivity index (χ4v) is 3.44. The topological polar surface area (TPSA) is 110 Å². The molecule has 0 unspecified atom stereocenters. The lowest BCUT2D eigenvalue weighted by Gasteiger charge is -2.10. The summed E-state index contributed by atoms with van der Waals surface area (Å²) in [5.41, 5.74) is 4.18. The summed E-state index contributed by atoms with van der Waals surface area (Å²) in [6, 6.07) is 21.9. The minimum Gasteiger partial charge on any atom is -0.493 e. The maximum Gasteiger partial charge on any atom is 0.371 e. The van der Waals surface area contributed by atoms with E-state index >= 15 is 0 Å². The number of benzene rings is 3. The molecule has 0 aliphatic carbocycles. The first-order chi connectivity index (χ1) is 16.5. The summed E-state index contributed by atoms with van der Waals surface area (Å²) in [6.07, 6.45) is 1.73. The van der Waals surface area contributed by atoms with E-state index in [1.807, 2.05) is 42.5 Å². The number of carboxylic acid groups (broad SMARTS) is 1. The Labute approximate surface area is 195 Å². The Morgan fingerprint density at radius 2 is 1.85 bits per heavy atom. The zero-order chi connectivity index (χ0) is 23.9. The summed E-state index contributed by atoms with van der Waals surface area (Å²) in [5, 5.41) is 15.1. The Kier molecular flexibility index (Phi) is 6.88. The number of carbonyl (C=O) groups is 2. The van der Waals surface area contributed by atoms with Crippen LogP contribution in [-0.4, -0.2) is 30.3 Å². The van der Waals surface area contributed by atoms with Crippen LogP contribution in [0, 0.1) is 0 Å². The van der Waals surface area contributed by atoms with E-state index in [9.17, 15) is 9.59 Å². The van der Waals surface area contributed by atoms with E-state index in [0.29, 0.717) is 22.8 Å². The third kappa shape index (κ3) is 5.42. The third-order valence-electron chi connectivity index (χ3n) is 5.06. The maximum atomic E-state index is 12.4. The van der Waals surface area contributed by atoms with Crippen LogP contribution in [0.15, 0.2) is 82.3 Å². The van der Waals surface area contributed by atoms with Gasteiger partial charge in [-0.3, -0.25) is 4.79 Å². The number of fused-ring (bicyclic) bond motifs is 1. The molecule has 0 atom stereocenters. The molecule has 4 aromatic rings. The SMILES string of the molecule is COc1cc(/C=N\NC(=O)Cc2cccc3ccccc23)ccc1OCc1ccc(C(=O)O)o1. The number of hydrazone groups is 1. The minimum absolute atomic E-state index is 0.0430. The van der Waals surface area contributed by atoms with E-state index in [2.05, 4.69) is 10.5 Å². The van der Waals surface area contributed by atoms with E-state index in [4.69, 9.17) is 19.0 Å². The number of methoxy groups -OCH3 is 1. The summed E-state index contributed by atoms with van der Waals surface area (Å²) in [7, 11) is 1.50. The van der Waals surface area contributed by atoms with Gasteiger partial charge in [-0.2, -0.15) is 5.10 Å². The molecule has 0 saturated heterocycles. The van der Waals surface area contributed by atoms with E-state index in [0.717, 1.165) is 16.3 Å². The molecule has 34 heavy (non-hydrogen) atoms. The predicted octanol–water partition coefficient (Wildman–Crippen LogP) is 4.41. The second-order valence-electron chi connectivity index (χ2n) is 7.38. The van der Waals surface area contributed by atoms with Crippen LogP contribution in [0.5, 0.6) is 11.5 Å². The summed E-state index contributed by atoms with van der Waals surface area (Å²) >= 11 is 0. The zero-order valence-corrected chi connectivity index (χ0v) is 18.4. The summed E-state index contributed by atoms with van der Waals surface area (Å²) < 4.78 is 16.2. The number of aromatic carboxylic acids is 1. The van der Waals surface area contributed by atoms with Crippen molar-refractivity contribution in [1.82, 2.24) is 5.43 Å². The highest BCUT2D eigenvalue weighted by Gasteiger charge is 2.11. The van der Waals surface area contributed by atoms with Crippen LogP contribution in [0.4, 0.5) is 0 Å². The largest absolute Gasteiger partial charge is 0.493 e. The zero-order valence-electron chi connectivity index (χ0n) is 18.4. The van der Waals surface area contributed by atoms with E-state index in [-0.39, 0.29) is 24.7 Å². The Balaban J connectivity index is 1.36. The minimum atomic E-state index is -1.14.